The number of carboxylic acids is 1. The summed E-state index contributed by atoms with van der Waals surface area (Å²) in [7, 11) is 0. The first-order valence-electron chi connectivity index (χ1n) is 6.92. The minimum Gasteiger partial charge on any atom is -0.480 e. The molecule has 0 aromatic heterocycles. The highest BCUT2D eigenvalue weighted by Gasteiger charge is 2.26. The Bertz CT molecular complexity index is 749. The van der Waals surface area contributed by atoms with E-state index in [0.29, 0.717) is 5.56 Å². The number of fused-ring (bicyclic) bond motifs is 1. The predicted octanol–water partition coefficient (Wildman–Crippen LogP) is 2.57. The zero-order valence-electron chi connectivity index (χ0n) is 12.1. The van der Waals surface area contributed by atoms with Gasteiger partial charge in [0.2, 0.25) is 0 Å². The molecular formula is C17H16N2O3. The summed E-state index contributed by atoms with van der Waals surface area (Å²) in [6.07, 6.45) is 0.0645. The minimum absolute atomic E-state index is 0.0645. The maximum atomic E-state index is 12.3. The highest BCUT2D eigenvalue weighted by molar-refractivity contribution is 6.00. The molecule has 2 atom stereocenters. The number of nitriles is 1. The molecule has 0 aliphatic rings. The second-order valence-corrected chi connectivity index (χ2v) is 5.19. The van der Waals surface area contributed by atoms with Crippen molar-refractivity contribution in [2.45, 2.75) is 19.4 Å². The van der Waals surface area contributed by atoms with Gasteiger partial charge in [-0.2, -0.15) is 5.26 Å². The number of carboxylic acid groups (broad SMARTS) is 1. The molecule has 0 unspecified atom stereocenters. The Labute approximate surface area is 128 Å². The molecule has 2 N–H and O–H groups in total. The largest absolute Gasteiger partial charge is 0.480 e. The summed E-state index contributed by atoms with van der Waals surface area (Å²) >= 11 is 0. The molecule has 112 valence electrons. The fourth-order valence-corrected chi connectivity index (χ4v) is 2.26. The van der Waals surface area contributed by atoms with Gasteiger partial charge in [0.1, 0.15) is 6.04 Å². The van der Waals surface area contributed by atoms with Crippen LogP contribution in [0.1, 0.15) is 23.7 Å². The second kappa shape index (κ2) is 6.72. The van der Waals surface area contributed by atoms with Crippen molar-refractivity contribution in [3.63, 3.8) is 0 Å². The van der Waals surface area contributed by atoms with Gasteiger partial charge in [0.05, 0.1) is 6.07 Å². The highest BCUT2D eigenvalue weighted by atomic mass is 16.4. The molecular weight excluding hydrogens is 280 g/mol. The van der Waals surface area contributed by atoms with Crippen LogP contribution in [0.4, 0.5) is 0 Å². The lowest BCUT2D eigenvalue weighted by atomic mass is 9.98. The van der Waals surface area contributed by atoms with E-state index in [9.17, 15) is 14.7 Å². The van der Waals surface area contributed by atoms with Crippen LogP contribution in [0.2, 0.25) is 0 Å². The van der Waals surface area contributed by atoms with Gasteiger partial charge in [-0.3, -0.25) is 4.79 Å². The Balaban J connectivity index is 2.21. The molecule has 0 saturated carbocycles. The van der Waals surface area contributed by atoms with Gasteiger partial charge in [0.15, 0.2) is 0 Å². The van der Waals surface area contributed by atoms with E-state index in [4.69, 9.17) is 5.26 Å². The topological polar surface area (TPSA) is 90.2 Å². The number of aliphatic carboxylic acids is 1. The summed E-state index contributed by atoms with van der Waals surface area (Å²) in [5.41, 5.74) is 0.397. The fourth-order valence-electron chi connectivity index (χ4n) is 2.26. The normalized spacial score (nSPS) is 13.1. The lowest BCUT2D eigenvalue weighted by Crippen LogP contribution is -2.45. The van der Waals surface area contributed by atoms with Gasteiger partial charge in [-0.15, -0.1) is 0 Å². The van der Waals surface area contributed by atoms with Gasteiger partial charge in [-0.1, -0.05) is 37.3 Å². The van der Waals surface area contributed by atoms with Crippen LogP contribution in [0.3, 0.4) is 0 Å². The number of rotatable bonds is 5. The molecule has 0 spiro atoms. The van der Waals surface area contributed by atoms with Crippen LogP contribution in [-0.2, 0) is 4.79 Å². The van der Waals surface area contributed by atoms with Crippen molar-refractivity contribution in [1.29, 1.82) is 5.26 Å². The van der Waals surface area contributed by atoms with Gasteiger partial charge >= 0.3 is 5.97 Å². The number of carbonyl (C=O) groups excluding carboxylic acids is 1. The first-order chi connectivity index (χ1) is 10.5. The molecule has 0 bridgehead atoms. The van der Waals surface area contributed by atoms with Gasteiger partial charge < -0.3 is 10.4 Å². The lowest BCUT2D eigenvalue weighted by Gasteiger charge is -2.19. The van der Waals surface area contributed by atoms with Crippen molar-refractivity contribution in [2.75, 3.05) is 0 Å². The zero-order valence-corrected chi connectivity index (χ0v) is 12.1. The van der Waals surface area contributed by atoms with Gasteiger partial charge in [0.25, 0.3) is 5.91 Å². The van der Waals surface area contributed by atoms with Gasteiger partial charge in [0, 0.05) is 17.9 Å². The van der Waals surface area contributed by atoms with Crippen molar-refractivity contribution in [3.05, 3.63) is 48.0 Å². The molecule has 0 radical (unpaired) electrons. The molecule has 2 rings (SSSR count). The van der Waals surface area contributed by atoms with E-state index in [-0.39, 0.29) is 6.42 Å². The Morgan fingerprint density at radius 3 is 2.55 bits per heavy atom. The second-order valence-electron chi connectivity index (χ2n) is 5.19. The van der Waals surface area contributed by atoms with Crippen LogP contribution in [0.25, 0.3) is 10.8 Å². The summed E-state index contributed by atoms with van der Waals surface area (Å²) < 4.78 is 0. The van der Waals surface area contributed by atoms with E-state index in [1.807, 2.05) is 36.4 Å². The number of nitrogens with one attached hydrogen (secondary N) is 1. The Morgan fingerprint density at radius 1 is 1.23 bits per heavy atom. The Morgan fingerprint density at radius 2 is 1.91 bits per heavy atom. The summed E-state index contributed by atoms with van der Waals surface area (Å²) in [5.74, 6) is -2.06. The maximum absolute atomic E-state index is 12.3. The third-order valence-corrected chi connectivity index (χ3v) is 3.55. The van der Waals surface area contributed by atoms with Crippen LogP contribution >= 0.6 is 0 Å². The molecule has 5 heteroatoms. The van der Waals surface area contributed by atoms with Crippen LogP contribution < -0.4 is 5.32 Å². The van der Waals surface area contributed by atoms with E-state index in [2.05, 4.69) is 5.32 Å². The average Bonchev–Trinajstić information content (AvgIpc) is 2.51. The van der Waals surface area contributed by atoms with E-state index in [0.717, 1.165) is 10.8 Å². The van der Waals surface area contributed by atoms with E-state index in [1.54, 1.807) is 19.1 Å². The minimum atomic E-state index is -1.14. The zero-order chi connectivity index (χ0) is 16.1. The van der Waals surface area contributed by atoms with E-state index in [1.165, 1.54) is 0 Å². The third-order valence-electron chi connectivity index (χ3n) is 3.55. The molecule has 1 amide bonds. The van der Waals surface area contributed by atoms with Crippen molar-refractivity contribution >= 4 is 22.6 Å². The van der Waals surface area contributed by atoms with Crippen LogP contribution in [-0.4, -0.2) is 23.0 Å². The van der Waals surface area contributed by atoms with Crippen molar-refractivity contribution in [3.8, 4) is 6.07 Å². The molecule has 0 aliphatic heterocycles. The molecule has 5 nitrogen and oxygen atoms in total. The Kier molecular flexibility index (Phi) is 4.74. The van der Waals surface area contributed by atoms with Crippen LogP contribution in [0.5, 0.6) is 0 Å². The van der Waals surface area contributed by atoms with Crippen LogP contribution in [0, 0.1) is 17.2 Å². The molecule has 2 aromatic rings. The first kappa shape index (κ1) is 15.5. The standard InChI is InChI=1S/C17H16N2O3/c1-11(8-9-18)15(17(21)22)19-16(20)14-7-6-12-4-2-3-5-13(12)10-14/h2-7,10-11,15H,8H2,1H3,(H,19,20)(H,21,22)/t11-,15+/m0/s1. The van der Waals surface area contributed by atoms with Crippen LogP contribution in [0.15, 0.2) is 42.5 Å². The van der Waals surface area contributed by atoms with Crippen molar-refractivity contribution in [2.24, 2.45) is 5.92 Å². The van der Waals surface area contributed by atoms with Gasteiger partial charge in [-0.05, 0) is 22.9 Å². The summed E-state index contributed by atoms with van der Waals surface area (Å²) in [6, 6.07) is 13.6. The maximum Gasteiger partial charge on any atom is 0.326 e. The number of benzene rings is 2. The molecule has 0 aliphatic carbocycles. The highest BCUT2D eigenvalue weighted by Crippen LogP contribution is 2.16. The van der Waals surface area contributed by atoms with E-state index >= 15 is 0 Å². The number of carbonyl (C=O) groups is 2. The predicted molar refractivity (Wildman–Crippen MR) is 82.2 cm³/mol. The fraction of sp³-hybridized carbons (Fsp3) is 0.235. The summed E-state index contributed by atoms with van der Waals surface area (Å²) in [6.45, 7) is 1.63. The van der Waals surface area contributed by atoms with Crippen molar-refractivity contribution < 1.29 is 14.7 Å². The molecule has 0 fully saturated rings. The van der Waals surface area contributed by atoms with E-state index < -0.39 is 23.8 Å². The molecule has 0 heterocycles. The lowest BCUT2D eigenvalue weighted by molar-refractivity contribution is -0.140. The SMILES string of the molecule is C[C@@H](CC#N)[C@@H](NC(=O)c1ccc2ccccc2c1)C(=O)O. The summed E-state index contributed by atoms with van der Waals surface area (Å²) in [5, 5.41) is 22.3. The van der Waals surface area contributed by atoms with Gasteiger partial charge in [-0.25, -0.2) is 4.79 Å². The average molecular weight is 296 g/mol. The molecule has 2 aromatic carbocycles. The first-order valence-corrected chi connectivity index (χ1v) is 6.92. The van der Waals surface area contributed by atoms with Crippen molar-refractivity contribution in [1.82, 2.24) is 5.32 Å². The quantitative estimate of drug-likeness (QED) is 0.887. The number of hydrogen-bond donors (Lipinski definition) is 2. The Hall–Kier alpha value is -2.87. The summed E-state index contributed by atoms with van der Waals surface area (Å²) in [4.78, 5) is 23.5. The smallest absolute Gasteiger partial charge is 0.326 e. The molecule has 0 saturated heterocycles. The third kappa shape index (κ3) is 3.41. The number of hydrogen-bond acceptors (Lipinski definition) is 3. The number of nitrogens with zero attached hydrogens (tertiary/aromatic N) is 1. The monoisotopic (exact) mass is 296 g/mol. The molecule has 22 heavy (non-hydrogen) atoms. The number of amides is 1.